The van der Waals surface area contributed by atoms with E-state index in [1.54, 1.807) is 0 Å². The van der Waals surface area contributed by atoms with Crippen molar-refractivity contribution >= 4 is 33.2 Å². The quantitative estimate of drug-likeness (QED) is 0.653. The maximum atomic E-state index is 12.3. The molecule has 4 rings (SSSR count). The molecule has 0 radical (unpaired) electrons. The number of hydrogen-bond donors (Lipinski definition) is 1. The molecule has 1 aromatic heterocycles. The van der Waals surface area contributed by atoms with Gasteiger partial charge in [0.25, 0.3) is 0 Å². The largest absolute Gasteiger partial charge is 0.372 e. The standard InChI is InChI=1S/C20H21BrN6O/c21-16-6-4-15(5-7-16)20-23-25-27(24-20)14-19(28)22-17-8-10-18(11-9-17)26-12-2-1-3-13-26/h4-11H,1-3,12-14H2,(H,22,28). The first-order chi connectivity index (χ1) is 13.7. The number of nitrogens with zero attached hydrogens (tertiary/aromatic N) is 5. The highest BCUT2D eigenvalue weighted by atomic mass is 79.9. The lowest BCUT2D eigenvalue weighted by molar-refractivity contribution is -0.117. The molecule has 1 aliphatic heterocycles. The Bertz CT molecular complexity index is 932. The molecule has 0 unspecified atom stereocenters. The molecule has 0 spiro atoms. The van der Waals surface area contributed by atoms with Crippen LogP contribution in [-0.2, 0) is 11.3 Å². The summed E-state index contributed by atoms with van der Waals surface area (Å²) in [5, 5.41) is 15.2. The first kappa shape index (κ1) is 18.6. The van der Waals surface area contributed by atoms with E-state index in [1.165, 1.54) is 29.7 Å². The van der Waals surface area contributed by atoms with E-state index in [2.05, 4.69) is 53.7 Å². The van der Waals surface area contributed by atoms with Gasteiger partial charge in [0, 0.05) is 34.5 Å². The van der Waals surface area contributed by atoms with Gasteiger partial charge < -0.3 is 10.2 Å². The van der Waals surface area contributed by atoms with Crippen LogP contribution in [0.4, 0.5) is 11.4 Å². The van der Waals surface area contributed by atoms with Crippen LogP contribution in [-0.4, -0.2) is 39.2 Å². The molecule has 2 heterocycles. The highest BCUT2D eigenvalue weighted by molar-refractivity contribution is 9.10. The van der Waals surface area contributed by atoms with Crippen molar-refractivity contribution in [2.24, 2.45) is 0 Å². The normalized spacial score (nSPS) is 14.1. The third-order valence-corrected chi connectivity index (χ3v) is 5.24. The Labute approximate surface area is 171 Å². The number of tetrazole rings is 1. The molecule has 144 valence electrons. The molecule has 0 atom stereocenters. The average Bonchev–Trinajstić information content (AvgIpc) is 3.18. The first-order valence-corrected chi connectivity index (χ1v) is 10.2. The molecule has 1 amide bonds. The lowest BCUT2D eigenvalue weighted by Crippen LogP contribution is -2.29. The van der Waals surface area contributed by atoms with Gasteiger partial charge in [-0.15, -0.1) is 10.2 Å². The number of aromatic nitrogens is 4. The van der Waals surface area contributed by atoms with Crippen molar-refractivity contribution in [3.8, 4) is 11.4 Å². The van der Waals surface area contributed by atoms with Gasteiger partial charge in [-0.05, 0) is 73.0 Å². The van der Waals surface area contributed by atoms with E-state index in [9.17, 15) is 4.79 Å². The predicted molar refractivity (Wildman–Crippen MR) is 112 cm³/mol. The predicted octanol–water partition coefficient (Wildman–Crippen LogP) is 3.73. The fourth-order valence-electron chi connectivity index (χ4n) is 3.26. The zero-order valence-electron chi connectivity index (χ0n) is 15.4. The molecular weight excluding hydrogens is 420 g/mol. The molecule has 3 aromatic rings. The number of nitrogens with one attached hydrogen (secondary N) is 1. The van der Waals surface area contributed by atoms with E-state index in [0.29, 0.717) is 5.82 Å². The average molecular weight is 441 g/mol. The Balaban J connectivity index is 1.35. The molecule has 2 aromatic carbocycles. The van der Waals surface area contributed by atoms with Gasteiger partial charge >= 0.3 is 0 Å². The van der Waals surface area contributed by atoms with Crippen LogP contribution >= 0.6 is 15.9 Å². The lowest BCUT2D eigenvalue weighted by Gasteiger charge is -2.28. The van der Waals surface area contributed by atoms with Crippen LogP contribution in [0.15, 0.2) is 53.0 Å². The summed E-state index contributed by atoms with van der Waals surface area (Å²) in [6, 6.07) is 15.6. The zero-order valence-corrected chi connectivity index (χ0v) is 17.0. The summed E-state index contributed by atoms with van der Waals surface area (Å²) in [5.41, 5.74) is 2.82. The minimum absolute atomic E-state index is 0.0113. The van der Waals surface area contributed by atoms with Crippen LogP contribution in [0.1, 0.15) is 19.3 Å². The molecule has 0 bridgehead atoms. The molecular formula is C20H21BrN6O. The zero-order chi connectivity index (χ0) is 19.3. The van der Waals surface area contributed by atoms with Gasteiger partial charge in [0.05, 0.1) is 0 Å². The summed E-state index contributed by atoms with van der Waals surface area (Å²) >= 11 is 3.40. The van der Waals surface area contributed by atoms with Crippen molar-refractivity contribution in [3.05, 3.63) is 53.0 Å². The summed E-state index contributed by atoms with van der Waals surface area (Å²) < 4.78 is 0.981. The van der Waals surface area contributed by atoms with Crippen LogP contribution in [0.3, 0.4) is 0 Å². The third kappa shape index (κ3) is 4.56. The Kier molecular flexibility index (Phi) is 5.66. The van der Waals surface area contributed by atoms with Gasteiger partial charge in [-0.3, -0.25) is 4.79 Å². The van der Waals surface area contributed by atoms with Crippen molar-refractivity contribution in [3.63, 3.8) is 0 Å². The first-order valence-electron chi connectivity index (χ1n) is 9.36. The monoisotopic (exact) mass is 440 g/mol. The highest BCUT2D eigenvalue weighted by Gasteiger charge is 2.12. The number of amides is 1. The Morgan fingerprint density at radius 2 is 1.71 bits per heavy atom. The van der Waals surface area contributed by atoms with Gasteiger partial charge in [-0.2, -0.15) is 4.80 Å². The molecule has 1 fully saturated rings. The molecule has 0 aliphatic carbocycles. The number of piperidine rings is 1. The molecule has 0 saturated carbocycles. The van der Waals surface area contributed by atoms with Gasteiger partial charge in [0.2, 0.25) is 11.7 Å². The Hall–Kier alpha value is -2.74. The molecule has 8 heteroatoms. The second-order valence-electron chi connectivity index (χ2n) is 6.79. The Morgan fingerprint density at radius 3 is 2.43 bits per heavy atom. The summed E-state index contributed by atoms with van der Waals surface area (Å²) in [5.74, 6) is 0.302. The number of carbonyl (C=O) groups is 1. The van der Waals surface area contributed by atoms with Gasteiger partial charge in [-0.25, -0.2) is 0 Å². The van der Waals surface area contributed by atoms with Crippen molar-refractivity contribution in [2.45, 2.75) is 25.8 Å². The van der Waals surface area contributed by atoms with E-state index in [0.717, 1.165) is 28.8 Å². The highest BCUT2D eigenvalue weighted by Crippen LogP contribution is 2.22. The smallest absolute Gasteiger partial charge is 0.248 e. The summed E-state index contributed by atoms with van der Waals surface area (Å²) in [6.07, 6.45) is 3.79. The van der Waals surface area contributed by atoms with E-state index < -0.39 is 0 Å². The molecule has 1 N–H and O–H groups in total. The number of anilines is 2. The van der Waals surface area contributed by atoms with Crippen molar-refractivity contribution < 1.29 is 4.79 Å². The molecule has 1 saturated heterocycles. The van der Waals surface area contributed by atoms with Crippen LogP contribution in [0, 0.1) is 0 Å². The van der Waals surface area contributed by atoms with Crippen LogP contribution < -0.4 is 10.2 Å². The maximum absolute atomic E-state index is 12.3. The summed E-state index contributed by atoms with van der Waals surface area (Å²) in [4.78, 5) is 16.0. The van der Waals surface area contributed by atoms with Gasteiger partial charge in [-0.1, -0.05) is 15.9 Å². The van der Waals surface area contributed by atoms with Crippen LogP contribution in [0.2, 0.25) is 0 Å². The fraction of sp³-hybridized carbons (Fsp3) is 0.300. The second kappa shape index (κ2) is 8.52. The number of halogens is 1. The Morgan fingerprint density at radius 1 is 1.00 bits per heavy atom. The van der Waals surface area contributed by atoms with Crippen LogP contribution in [0.5, 0.6) is 0 Å². The number of rotatable bonds is 5. The van der Waals surface area contributed by atoms with E-state index in [1.807, 2.05) is 36.4 Å². The third-order valence-electron chi connectivity index (χ3n) is 4.71. The number of benzene rings is 2. The molecule has 28 heavy (non-hydrogen) atoms. The van der Waals surface area contributed by atoms with E-state index in [-0.39, 0.29) is 12.5 Å². The molecule has 1 aliphatic rings. The topological polar surface area (TPSA) is 75.9 Å². The fourth-order valence-corrected chi connectivity index (χ4v) is 3.53. The summed E-state index contributed by atoms with van der Waals surface area (Å²) in [6.45, 7) is 2.21. The minimum Gasteiger partial charge on any atom is -0.372 e. The number of carbonyl (C=O) groups excluding carboxylic acids is 1. The second-order valence-corrected chi connectivity index (χ2v) is 7.71. The van der Waals surface area contributed by atoms with Crippen molar-refractivity contribution in [1.82, 2.24) is 20.2 Å². The maximum Gasteiger partial charge on any atom is 0.248 e. The van der Waals surface area contributed by atoms with E-state index >= 15 is 0 Å². The van der Waals surface area contributed by atoms with Gasteiger partial charge in [0.1, 0.15) is 6.54 Å². The van der Waals surface area contributed by atoms with Crippen LogP contribution in [0.25, 0.3) is 11.4 Å². The molecule has 7 nitrogen and oxygen atoms in total. The minimum atomic E-state index is -0.189. The van der Waals surface area contributed by atoms with Gasteiger partial charge in [0.15, 0.2) is 0 Å². The SMILES string of the molecule is O=C(Cn1nnc(-c2ccc(Br)cc2)n1)Nc1ccc(N2CCCCC2)cc1. The van der Waals surface area contributed by atoms with Crippen molar-refractivity contribution in [1.29, 1.82) is 0 Å². The van der Waals surface area contributed by atoms with Crippen molar-refractivity contribution in [2.75, 3.05) is 23.3 Å². The number of hydrogen-bond acceptors (Lipinski definition) is 5. The van der Waals surface area contributed by atoms with E-state index in [4.69, 9.17) is 0 Å². The lowest BCUT2D eigenvalue weighted by atomic mass is 10.1. The summed E-state index contributed by atoms with van der Waals surface area (Å²) in [7, 11) is 0.